The van der Waals surface area contributed by atoms with Crippen LogP contribution in [0.15, 0.2) is 30.3 Å². The van der Waals surface area contributed by atoms with Crippen LogP contribution in [0.5, 0.6) is 0 Å². The summed E-state index contributed by atoms with van der Waals surface area (Å²) in [5.74, 6) is -1.62. The number of carbonyl (C=O) groups is 2. The van der Waals surface area contributed by atoms with Crippen LogP contribution in [0.4, 0.5) is 24.4 Å². The summed E-state index contributed by atoms with van der Waals surface area (Å²) in [6, 6.07) is 8.24. The second-order valence-electron chi connectivity index (χ2n) is 6.98. The first-order valence-electron chi connectivity index (χ1n) is 8.88. The predicted molar refractivity (Wildman–Crippen MR) is 108 cm³/mol. The monoisotopic (exact) mass is 417 g/mol. The molecule has 1 aliphatic carbocycles. The third kappa shape index (κ3) is 3.53. The van der Waals surface area contributed by atoms with Crippen LogP contribution < -0.4 is 10.2 Å². The van der Waals surface area contributed by atoms with Gasteiger partial charge in [0.2, 0.25) is 5.91 Å². The number of hydrogen-bond donors (Lipinski definition) is 2. The molecule has 1 aliphatic rings. The molecule has 1 aromatic heterocycles. The molecule has 2 N–H and O–H groups in total. The molecular formula is C20H17F2N3O3S. The standard InChI is InChI=1S/C20H17F2N3O3S/c1-9-3-6-14(25(2)20(27)28)17(22)16(9)10-4-5-13-15(7-10)29-19(23-13)24-18(26)11-8-12(11)21/h3-7,11-12H,8H2,1-2H3,(H,27,28)(H,23,24,26)/t11-,12+/m1/s1. The molecule has 29 heavy (non-hydrogen) atoms. The minimum Gasteiger partial charge on any atom is -0.465 e. The van der Waals surface area contributed by atoms with E-state index in [0.29, 0.717) is 27.3 Å². The lowest BCUT2D eigenvalue weighted by Gasteiger charge is -2.17. The number of fused-ring (bicyclic) bond motifs is 1. The van der Waals surface area contributed by atoms with Gasteiger partial charge in [-0.3, -0.25) is 9.69 Å². The van der Waals surface area contributed by atoms with Gasteiger partial charge in [0, 0.05) is 12.6 Å². The number of nitrogens with one attached hydrogen (secondary N) is 1. The van der Waals surface area contributed by atoms with Crippen LogP contribution in [0.1, 0.15) is 12.0 Å². The van der Waals surface area contributed by atoms with Gasteiger partial charge in [-0.1, -0.05) is 23.5 Å². The van der Waals surface area contributed by atoms with E-state index in [0.717, 1.165) is 9.60 Å². The number of halogens is 2. The van der Waals surface area contributed by atoms with E-state index in [9.17, 15) is 14.0 Å². The second kappa shape index (κ2) is 7.07. The van der Waals surface area contributed by atoms with Gasteiger partial charge in [0.15, 0.2) is 10.9 Å². The molecule has 4 rings (SSSR count). The zero-order chi connectivity index (χ0) is 20.9. The molecule has 9 heteroatoms. The average molecular weight is 417 g/mol. The summed E-state index contributed by atoms with van der Waals surface area (Å²) in [4.78, 5) is 28.3. The van der Waals surface area contributed by atoms with Gasteiger partial charge in [0.25, 0.3) is 0 Å². The molecule has 0 aliphatic heterocycles. The van der Waals surface area contributed by atoms with Gasteiger partial charge in [-0.05, 0) is 42.7 Å². The van der Waals surface area contributed by atoms with Crippen molar-refractivity contribution in [2.75, 3.05) is 17.3 Å². The lowest BCUT2D eigenvalue weighted by Crippen LogP contribution is -2.25. The summed E-state index contributed by atoms with van der Waals surface area (Å²) in [5.41, 5.74) is 2.11. The SMILES string of the molecule is Cc1ccc(N(C)C(=O)O)c(F)c1-c1ccc2nc(NC(=O)[C@@H]3C[C@@H]3F)sc2c1. The number of carboxylic acid groups (broad SMARTS) is 1. The summed E-state index contributed by atoms with van der Waals surface area (Å²) in [7, 11) is 1.28. The summed E-state index contributed by atoms with van der Waals surface area (Å²) < 4.78 is 28.9. The molecule has 0 bridgehead atoms. The van der Waals surface area contributed by atoms with Crippen LogP contribution in [0.25, 0.3) is 21.3 Å². The Morgan fingerprint density at radius 1 is 1.31 bits per heavy atom. The Bertz CT molecular complexity index is 1150. The Kier molecular flexibility index (Phi) is 4.70. The third-order valence-electron chi connectivity index (χ3n) is 4.93. The van der Waals surface area contributed by atoms with Crippen molar-refractivity contribution in [2.24, 2.45) is 5.92 Å². The van der Waals surface area contributed by atoms with Gasteiger partial charge in [-0.2, -0.15) is 0 Å². The van der Waals surface area contributed by atoms with Crippen molar-refractivity contribution < 1.29 is 23.5 Å². The molecule has 1 saturated carbocycles. The van der Waals surface area contributed by atoms with Crippen molar-refractivity contribution >= 4 is 44.4 Å². The molecule has 0 saturated heterocycles. The fourth-order valence-electron chi connectivity index (χ4n) is 3.15. The second-order valence-corrected chi connectivity index (χ2v) is 8.01. The largest absolute Gasteiger partial charge is 0.465 e. The molecule has 0 unspecified atom stereocenters. The molecule has 2 atom stereocenters. The van der Waals surface area contributed by atoms with Crippen molar-refractivity contribution in [2.45, 2.75) is 19.5 Å². The van der Waals surface area contributed by atoms with E-state index in [1.807, 2.05) is 0 Å². The summed E-state index contributed by atoms with van der Waals surface area (Å²) >= 11 is 1.22. The quantitative estimate of drug-likeness (QED) is 0.638. The van der Waals surface area contributed by atoms with Gasteiger partial charge < -0.3 is 10.4 Å². The minimum atomic E-state index is -1.26. The molecule has 2 amide bonds. The van der Waals surface area contributed by atoms with Crippen LogP contribution in [0, 0.1) is 18.7 Å². The molecule has 0 radical (unpaired) electrons. The number of thiazole rings is 1. The molecule has 0 spiro atoms. The number of carbonyl (C=O) groups excluding carboxylic acids is 1. The maximum absolute atomic E-state index is 15.1. The Morgan fingerprint density at radius 3 is 2.69 bits per heavy atom. The Hall–Kier alpha value is -3.07. The first-order chi connectivity index (χ1) is 13.8. The topological polar surface area (TPSA) is 82.5 Å². The number of amides is 2. The lowest BCUT2D eigenvalue weighted by atomic mass is 9.98. The van der Waals surface area contributed by atoms with Crippen molar-refractivity contribution in [1.29, 1.82) is 0 Å². The van der Waals surface area contributed by atoms with Gasteiger partial charge in [-0.25, -0.2) is 18.6 Å². The Balaban J connectivity index is 1.70. The zero-order valence-corrected chi connectivity index (χ0v) is 16.4. The normalized spacial score (nSPS) is 17.9. The van der Waals surface area contributed by atoms with Crippen molar-refractivity contribution in [3.63, 3.8) is 0 Å². The number of nitrogens with zero attached hydrogens (tertiary/aromatic N) is 2. The highest BCUT2D eigenvalue weighted by molar-refractivity contribution is 7.22. The molecule has 1 heterocycles. The first-order valence-corrected chi connectivity index (χ1v) is 9.69. The average Bonchev–Trinajstić information content (AvgIpc) is 3.26. The van der Waals surface area contributed by atoms with Crippen molar-refractivity contribution in [1.82, 2.24) is 4.98 Å². The zero-order valence-electron chi connectivity index (χ0n) is 15.6. The van der Waals surface area contributed by atoms with E-state index < -0.39 is 24.0 Å². The fraction of sp³-hybridized carbons (Fsp3) is 0.250. The molecule has 3 aromatic rings. The van der Waals surface area contributed by atoms with Gasteiger partial charge in [0.05, 0.1) is 21.8 Å². The van der Waals surface area contributed by atoms with Crippen LogP contribution in [-0.4, -0.2) is 35.3 Å². The van der Waals surface area contributed by atoms with E-state index in [-0.39, 0.29) is 18.0 Å². The number of rotatable bonds is 4. The highest BCUT2D eigenvalue weighted by Crippen LogP contribution is 2.38. The summed E-state index contributed by atoms with van der Waals surface area (Å²) in [6.45, 7) is 1.74. The predicted octanol–water partition coefficient (Wildman–Crippen LogP) is 4.82. The minimum absolute atomic E-state index is 0.0411. The van der Waals surface area contributed by atoms with Gasteiger partial charge in [-0.15, -0.1) is 0 Å². The fourth-order valence-corrected chi connectivity index (χ4v) is 4.05. The van der Waals surface area contributed by atoms with Crippen LogP contribution in [0.2, 0.25) is 0 Å². The maximum atomic E-state index is 15.1. The summed E-state index contributed by atoms with van der Waals surface area (Å²) in [5, 5.41) is 12.1. The number of hydrogen-bond acceptors (Lipinski definition) is 4. The van der Waals surface area contributed by atoms with Crippen LogP contribution in [0.3, 0.4) is 0 Å². The molecule has 6 nitrogen and oxygen atoms in total. The summed E-state index contributed by atoms with van der Waals surface area (Å²) in [6.07, 6.45) is -2.11. The Labute approximate surface area is 168 Å². The van der Waals surface area contributed by atoms with Crippen LogP contribution >= 0.6 is 11.3 Å². The lowest BCUT2D eigenvalue weighted by molar-refractivity contribution is -0.117. The van der Waals surface area contributed by atoms with E-state index in [4.69, 9.17) is 5.11 Å². The number of alkyl halides is 1. The smallest absolute Gasteiger partial charge is 0.411 e. The maximum Gasteiger partial charge on any atom is 0.411 e. The van der Waals surface area contributed by atoms with Crippen LogP contribution in [-0.2, 0) is 4.79 Å². The number of aryl methyl sites for hydroxylation is 1. The Morgan fingerprint density at radius 2 is 2.03 bits per heavy atom. The number of anilines is 2. The van der Waals surface area contributed by atoms with E-state index in [1.54, 1.807) is 31.2 Å². The van der Waals surface area contributed by atoms with Crippen molar-refractivity contribution in [3.8, 4) is 11.1 Å². The van der Waals surface area contributed by atoms with Gasteiger partial charge >= 0.3 is 6.09 Å². The highest BCUT2D eigenvalue weighted by atomic mass is 32.1. The van der Waals surface area contributed by atoms with Gasteiger partial charge in [0.1, 0.15) is 6.17 Å². The van der Waals surface area contributed by atoms with E-state index >= 15 is 4.39 Å². The first kappa shape index (κ1) is 19.3. The van der Waals surface area contributed by atoms with E-state index in [1.165, 1.54) is 24.5 Å². The third-order valence-corrected chi connectivity index (χ3v) is 5.87. The molecular weight excluding hydrogens is 400 g/mol. The molecule has 150 valence electrons. The highest BCUT2D eigenvalue weighted by Gasteiger charge is 2.43. The van der Waals surface area contributed by atoms with E-state index in [2.05, 4.69) is 10.3 Å². The number of aromatic nitrogens is 1. The number of benzene rings is 2. The molecule has 1 fully saturated rings. The molecule has 2 aromatic carbocycles. The van der Waals surface area contributed by atoms with Crippen molar-refractivity contribution in [3.05, 3.63) is 41.7 Å².